The van der Waals surface area contributed by atoms with E-state index >= 15 is 0 Å². The van der Waals surface area contributed by atoms with Gasteiger partial charge in [0.1, 0.15) is 18.1 Å². The van der Waals surface area contributed by atoms with Crippen molar-refractivity contribution in [1.82, 2.24) is 0 Å². The first-order valence-electron chi connectivity index (χ1n) is 7.19. The Labute approximate surface area is 134 Å². The number of benzene rings is 2. The van der Waals surface area contributed by atoms with E-state index in [2.05, 4.69) is 11.7 Å². The van der Waals surface area contributed by atoms with Gasteiger partial charge in [0.2, 0.25) is 0 Å². The number of hydrogen-bond acceptors (Lipinski definition) is 4. The Morgan fingerprint density at radius 2 is 1.83 bits per heavy atom. The average Bonchev–Trinajstić information content (AvgIpc) is 2.96. The molecule has 0 unspecified atom stereocenters. The molecule has 0 spiro atoms. The third-order valence-corrected chi connectivity index (χ3v) is 3.32. The summed E-state index contributed by atoms with van der Waals surface area (Å²) in [5.41, 5.74) is 2.54. The van der Waals surface area contributed by atoms with E-state index in [1.165, 1.54) is 0 Å². The smallest absolute Gasteiger partial charge is 0.368 e. The lowest BCUT2D eigenvalue weighted by Crippen LogP contribution is -2.07. The van der Waals surface area contributed by atoms with Gasteiger partial charge in [0.25, 0.3) is 0 Å². The van der Waals surface area contributed by atoms with Gasteiger partial charge in [-0.25, -0.2) is 4.79 Å². The Balaban J connectivity index is 1.99. The summed E-state index contributed by atoms with van der Waals surface area (Å²) in [4.78, 5) is 16.9. The summed E-state index contributed by atoms with van der Waals surface area (Å²) in [7, 11) is 0. The zero-order valence-electron chi connectivity index (χ0n) is 12.4. The lowest BCUT2D eigenvalue weighted by molar-refractivity contribution is -0.136. The lowest BCUT2D eigenvalue weighted by atomic mass is 10.0. The van der Waals surface area contributed by atoms with E-state index in [9.17, 15) is 4.79 Å². The number of para-hydroxylation sites is 1. The first-order valence-corrected chi connectivity index (χ1v) is 7.19. The van der Waals surface area contributed by atoms with Gasteiger partial charge >= 0.3 is 5.97 Å². The Morgan fingerprint density at radius 1 is 1.09 bits per heavy atom. The van der Waals surface area contributed by atoms with Crippen molar-refractivity contribution < 1.29 is 14.4 Å². The van der Waals surface area contributed by atoms with Crippen LogP contribution < -0.4 is 4.74 Å². The van der Waals surface area contributed by atoms with Crippen LogP contribution in [0.25, 0.3) is 6.08 Å². The van der Waals surface area contributed by atoms with Gasteiger partial charge in [-0.2, -0.15) is 0 Å². The van der Waals surface area contributed by atoms with Crippen LogP contribution in [0, 0.1) is 0 Å². The van der Waals surface area contributed by atoms with Crippen molar-refractivity contribution in [2.45, 2.75) is 0 Å². The molecule has 0 bridgehead atoms. The molecule has 2 aromatic carbocycles. The maximum absolute atomic E-state index is 12.0. The summed E-state index contributed by atoms with van der Waals surface area (Å²) in [6.45, 7) is 4.03. The summed E-state index contributed by atoms with van der Waals surface area (Å²) in [5.74, 6) is 0.203. The van der Waals surface area contributed by atoms with Crippen molar-refractivity contribution in [3.63, 3.8) is 0 Å². The van der Waals surface area contributed by atoms with Crippen LogP contribution >= 0.6 is 0 Å². The maximum Gasteiger partial charge on any atom is 0.368 e. The average molecular weight is 305 g/mol. The number of carbonyl (C=O) groups is 1. The molecule has 1 heterocycles. The van der Waals surface area contributed by atoms with Crippen molar-refractivity contribution in [2.75, 3.05) is 6.61 Å². The van der Waals surface area contributed by atoms with Crippen LogP contribution in [-0.2, 0) is 9.63 Å². The molecule has 1 aliphatic heterocycles. The molecule has 3 rings (SSSR count). The number of hydrogen-bond donors (Lipinski definition) is 0. The minimum absolute atomic E-state index is 0.393. The highest BCUT2D eigenvalue weighted by atomic mass is 16.7. The van der Waals surface area contributed by atoms with Crippen molar-refractivity contribution in [2.24, 2.45) is 5.16 Å². The fourth-order valence-electron chi connectivity index (χ4n) is 2.25. The van der Waals surface area contributed by atoms with Gasteiger partial charge in [-0.3, -0.25) is 0 Å². The molecule has 23 heavy (non-hydrogen) atoms. The molecule has 4 heteroatoms. The van der Waals surface area contributed by atoms with Crippen molar-refractivity contribution in [3.05, 3.63) is 84.0 Å². The van der Waals surface area contributed by atoms with Crippen LogP contribution in [0.2, 0.25) is 0 Å². The quantitative estimate of drug-likeness (QED) is 0.482. The highest BCUT2D eigenvalue weighted by molar-refractivity contribution is 6.31. The van der Waals surface area contributed by atoms with Gasteiger partial charge in [-0.15, -0.1) is 0 Å². The molecule has 1 aliphatic rings. The fraction of sp³-hybridized carbons (Fsp3) is 0.0526. The first-order chi connectivity index (χ1) is 11.3. The minimum Gasteiger partial charge on any atom is -0.489 e. The summed E-state index contributed by atoms with van der Waals surface area (Å²) < 4.78 is 5.62. The summed E-state index contributed by atoms with van der Waals surface area (Å²) in [6.07, 6.45) is 3.41. The molecule has 114 valence electrons. The lowest BCUT2D eigenvalue weighted by Gasteiger charge is -2.07. The second-order valence-corrected chi connectivity index (χ2v) is 4.88. The summed E-state index contributed by atoms with van der Waals surface area (Å²) in [6, 6.07) is 16.9. The van der Waals surface area contributed by atoms with Crippen LogP contribution in [0.1, 0.15) is 11.1 Å². The van der Waals surface area contributed by atoms with E-state index in [-0.39, 0.29) is 0 Å². The molecule has 0 aliphatic carbocycles. The van der Waals surface area contributed by atoms with Gasteiger partial charge in [0, 0.05) is 11.1 Å². The molecular formula is C19H15NO3. The third kappa shape index (κ3) is 3.21. The molecule has 0 amide bonds. The number of ether oxygens (including phenoxy) is 1. The van der Waals surface area contributed by atoms with Crippen molar-refractivity contribution in [3.8, 4) is 5.75 Å². The monoisotopic (exact) mass is 305 g/mol. The standard InChI is InChI=1S/C19H15NO3/c1-2-12-22-17-11-7-6-10-15(17)13-16-18(20-23-19(16)21)14-8-4-3-5-9-14/h2-11,13H,1,12H2. The highest BCUT2D eigenvalue weighted by Crippen LogP contribution is 2.25. The van der Waals surface area contributed by atoms with E-state index in [4.69, 9.17) is 9.57 Å². The normalized spacial score (nSPS) is 15.2. The molecule has 0 atom stereocenters. The zero-order valence-corrected chi connectivity index (χ0v) is 12.4. The highest BCUT2D eigenvalue weighted by Gasteiger charge is 2.27. The molecule has 0 saturated carbocycles. The Morgan fingerprint density at radius 3 is 2.61 bits per heavy atom. The number of rotatable bonds is 5. The number of oxime groups is 1. The van der Waals surface area contributed by atoms with Crippen LogP contribution in [0.3, 0.4) is 0 Å². The Kier molecular flexibility index (Phi) is 4.34. The molecule has 0 N–H and O–H groups in total. The van der Waals surface area contributed by atoms with Gasteiger partial charge in [-0.1, -0.05) is 66.3 Å². The molecule has 0 radical (unpaired) electrons. The van der Waals surface area contributed by atoms with E-state index in [1.54, 1.807) is 12.2 Å². The Hall–Kier alpha value is -3.14. The predicted molar refractivity (Wildman–Crippen MR) is 89.2 cm³/mol. The van der Waals surface area contributed by atoms with Gasteiger partial charge in [0.05, 0.1) is 5.57 Å². The summed E-state index contributed by atoms with van der Waals surface area (Å²) in [5, 5.41) is 3.90. The largest absolute Gasteiger partial charge is 0.489 e. The fourth-order valence-corrected chi connectivity index (χ4v) is 2.25. The zero-order chi connectivity index (χ0) is 16.1. The van der Waals surface area contributed by atoms with E-state index < -0.39 is 5.97 Å². The predicted octanol–water partition coefficient (Wildman–Crippen LogP) is 3.60. The molecular weight excluding hydrogens is 290 g/mol. The SMILES string of the molecule is C=CCOc1ccccc1C=C1C(=O)ON=C1c1ccccc1. The molecule has 2 aromatic rings. The van der Waals surface area contributed by atoms with Gasteiger partial charge in [-0.05, 0) is 12.1 Å². The topological polar surface area (TPSA) is 47.9 Å². The van der Waals surface area contributed by atoms with Crippen LogP contribution in [0.4, 0.5) is 0 Å². The molecule has 4 nitrogen and oxygen atoms in total. The van der Waals surface area contributed by atoms with Crippen LogP contribution in [0.15, 0.2) is 78.0 Å². The first kappa shape index (κ1) is 14.8. The molecule has 0 aromatic heterocycles. The van der Waals surface area contributed by atoms with E-state index in [1.807, 2.05) is 54.6 Å². The second-order valence-electron chi connectivity index (χ2n) is 4.88. The van der Waals surface area contributed by atoms with Crippen molar-refractivity contribution in [1.29, 1.82) is 0 Å². The number of carbonyl (C=O) groups excluding carboxylic acids is 1. The van der Waals surface area contributed by atoms with E-state index in [0.29, 0.717) is 23.6 Å². The molecule has 0 fully saturated rings. The second kappa shape index (κ2) is 6.75. The molecule has 0 saturated heterocycles. The minimum atomic E-state index is -0.470. The third-order valence-electron chi connectivity index (χ3n) is 3.32. The van der Waals surface area contributed by atoms with Gasteiger partial charge in [0.15, 0.2) is 0 Å². The van der Waals surface area contributed by atoms with Crippen LogP contribution in [0.5, 0.6) is 5.75 Å². The van der Waals surface area contributed by atoms with E-state index in [0.717, 1.165) is 11.1 Å². The maximum atomic E-state index is 12.0. The summed E-state index contributed by atoms with van der Waals surface area (Å²) >= 11 is 0. The van der Waals surface area contributed by atoms with Crippen LogP contribution in [-0.4, -0.2) is 18.3 Å². The number of nitrogens with zero attached hydrogens (tertiary/aromatic N) is 1. The van der Waals surface area contributed by atoms with Gasteiger partial charge < -0.3 is 9.57 Å². The van der Waals surface area contributed by atoms with Crippen molar-refractivity contribution >= 4 is 17.8 Å². The Bertz CT molecular complexity index is 791.